The van der Waals surface area contributed by atoms with Gasteiger partial charge in [0.15, 0.2) is 0 Å². The first-order chi connectivity index (χ1) is 9.56. The largest absolute Gasteiger partial charge is 0.386 e. The van der Waals surface area contributed by atoms with Gasteiger partial charge in [-0.25, -0.2) is 9.38 Å². The number of hydrogen-bond acceptors (Lipinski definition) is 3. The van der Waals surface area contributed by atoms with E-state index < -0.39 is 5.91 Å². The molecule has 0 saturated heterocycles. The summed E-state index contributed by atoms with van der Waals surface area (Å²) in [6, 6.07) is 0.267. The number of nitrogens with two attached hydrogens (primary N) is 1. The van der Waals surface area contributed by atoms with Gasteiger partial charge < -0.3 is 11.1 Å². The van der Waals surface area contributed by atoms with Gasteiger partial charge in [-0.05, 0) is 52.9 Å². The van der Waals surface area contributed by atoms with E-state index >= 15 is 0 Å². The van der Waals surface area contributed by atoms with Gasteiger partial charge in [0.1, 0.15) is 11.5 Å². The number of fused-ring (bicyclic) bond motifs is 5. The zero-order chi connectivity index (χ0) is 14.5. The zero-order valence-corrected chi connectivity index (χ0v) is 12.3. The molecule has 6 heteroatoms. The highest BCUT2D eigenvalue weighted by Crippen LogP contribution is 2.29. The molecule has 2 heterocycles. The van der Waals surface area contributed by atoms with E-state index in [0.29, 0.717) is 10.4 Å². The lowest BCUT2D eigenvalue weighted by Crippen LogP contribution is -2.38. The Labute approximate surface area is 125 Å². The van der Waals surface area contributed by atoms with Crippen LogP contribution in [0.4, 0.5) is 4.39 Å². The molecular formula is C14H15BrFN3O. The summed E-state index contributed by atoms with van der Waals surface area (Å²) in [6.45, 7) is 0. The van der Waals surface area contributed by atoms with Crippen LogP contribution in [-0.2, 0) is 4.79 Å². The number of primary amides is 1. The van der Waals surface area contributed by atoms with Crippen molar-refractivity contribution < 1.29 is 9.18 Å². The van der Waals surface area contributed by atoms with E-state index in [9.17, 15) is 9.18 Å². The van der Waals surface area contributed by atoms with Crippen molar-refractivity contribution in [2.75, 3.05) is 0 Å². The van der Waals surface area contributed by atoms with Gasteiger partial charge >= 0.3 is 0 Å². The topological polar surface area (TPSA) is 67.5 Å². The number of aliphatic imine (C=N–C) groups is 1. The minimum absolute atomic E-state index is 0.145. The van der Waals surface area contributed by atoms with E-state index in [1.165, 1.54) is 30.6 Å². The highest BCUT2D eigenvalue weighted by atomic mass is 79.9. The summed E-state index contributed by atoms with van der Waals surface area (Å²) in [7, 11) is 0. The van der Waals surface area contributed by atoms with Crippen molar-refractivity contribution in [3.8, 4) is 0 Å². The molecule has 0 aromatic carbocycles. The second-order valence-electron chi connectivity index (χ2n) is 4.68. The van der Waals surface area contributed by atoms with Gasteiger partial charge in [0.2, 0.25) is 0 Å². The molecule has 0 aromatic heterocycles. The number of halogens is 2. The predicted octanol–water partition coefficient (Wildman–Crippen LogP) is 2.45. The SMILES string of the molecule is NC(=O)C1=CNC2CC(C=CC(F)=C(Br)C=CC=N1)C2. The van der Waals surface area contributed by atoms with Crippen LogP contribution in [0.15, 0.2) is 51.5 Å². The molecule has 0 radical (unpaired) electrons. The Balaban J connectivity index is 2.24. The number of carbonyl (C=O) groups is 1. The maximum atomic E-state index is 13.7. The number of carbonyl (C=O) groups excluding carboxylic acids is 1. The first kappa shape index (κ1) is 14.7. The molecule has 0 unspecified atom stereocenters. The van der Waals surface area contributed by atoms with Crippen molar-refractivity contribution in [3.05, 3.63) is 46.5 Å². The third kappa shape index (κ3) is 3.90. The molecular weight excluding hydrogens is 325 g/mol. The van der Waals surface area contributed by atoms with Gasteiger partial charge in [0, 0.05) is 18.5 Å². The van der Waals surface area contributed by atoms with Gasteiger partial charge in [0.05, 0.1) is 4.48 Å². The molecule has 2 aliphatic heterocycles. The van der Waals surface area contributed by atoms with Gasteiger partial charge in [0.25, 0.3) is 5.91 Å². The zero-order valence-electron chi connectivity index (χ0n) is 10.7. The molecule has 3 aliphatic rings. The van der Waals surface area contributed by atoms with Crippen molar-refractivity contribution in [3.63, 3.8) is 0 Å². The summed E-state index contributed by atoms with van der Waals surface area (Å²) in [5.41, 5.74) is 5.38. The average molecular weight is 340 g/mol. The molecule has 2 bridgehead atoms. The molecule has 0 aromatic rings. The summed E-state index contributed by atoms with van der Waals surface area (Å²) in [5.74, 6) is -0.598. The molecule has 1 amide bonds. The van der Waals surface area contributed by atoms with E-state index in [4.69, 9.17) is 5.73 Å². The maximum Gasteiger partial charge on any atom is 0.268 e. The smallest absolute Gasteiger partial charge is 0.268 e. The number of amides is 1. The lowest BCUT2D eigenvalue weighted by molar-refractivity contribution is -0.114. The van der Waals surface area contributed by atoms with Crippen LogP contribution in [0.1, 0.15) is 12.8 Å². The number of allylic oxidation sites excluding steroid dienone is 6. The Kier molecular flexibility index (Phi) is 4.89. The molecule has 3 rings (SSSR count). The first-order valence-electron chi connectivity index (χ1n) is 6.26. The van der Waals surface area contributed by atoms with E-state index in [2.05, 4.69) is 26.2 Å². The Morgan fingerprint density at radius 3 is 2.90 bits per heavy atom. The number of rotatable bonds is 1. The third-order valence-corrected chi connectivity index (χ3v) is 3.81. The minimum atomic E-state index is -0.606. The lowest BCUT2D eigenvalue weighted by Gasteiger charge is -2.33. The molecule has 0 spiro atoms. The Morgan fingerprint density at radius 2 is 2.20 bits per heavy atom. The summed E-state index contributed by atoms with van der Waals surface area (Å²) < 4.78 is 14.0. The molecule has 0 atom stereocenters. The fraction of sp³-hybridized carbons (Fsp3) is 0.286. The van der Waals surface area contributed by atoms with Crippen LogP contribution < -0.4 is 11.1 Å². The second kappa shape index (κ2) is 6.65. The fourth-order valence-corrected chi connectivity index (χ4v) is 2.24. The summed E-state index contributed by atoms with van der Waals surface area (Å²) >= 11 is 3.14. The molecule has 4 nitrogen and oxygen atoms in total. The van der Waals surface area contributed by atoms with Crippen LogP contribution in [0.5, 0.6) is 0 Å². The normalized spacial score (nSPS) is 26.4. The Morgan fingerprint density at radius 1 is 1.45 bits per heavy atom. The molecule has 3 N–H and O–H groups in total. The van der Waals surface area contributed by atoms with Crippen LogP contribution in [0, 0.1) is 5.92 Å². The molecule has 1 saturated carbocycles. The molecule has 106 valence electrons. The van der Waals surface area contributed by atoms with Gasteiger partial charge in [-0.2, -0.15) is 0 Å². The van der Waals surface area contributed by atoms with Crippen molar-refractivity contribution in [1.82, 2.24) is 5.32 Å². The van der Waals surface area contributed by atoms with Crippen molar-refractivity contribution in [2.24, 2.45) is 16.6 Å². The van der Waals surface area contributed by atoms with Crippen molar-refractivity contribution in [1.29, 1.82) is 0 Å². The molecule has 20 heavy (non-hydrogen) atoms. The van der Waals surface area contributed by atoms with E-state index in [-0.39, 0.29) is 17.6 Å². The summed E-state index contributed by atoms with van der Waals surface area (Å²) in [5, 5.41) is 3.10. The third-order valence-electron chi connectivity index (χ3n) is 3.17. The van der Waals surface area contributed by atoms with E-state index in [0.717, 1.165) is 12.8 Å². The number of nitrogens with zero attached hydrogens (tertiary/aromatic N) is 1. The van der Waals surface area contributed by atoms with E-state index in [1.807, 2.05) is 6.08 Å². The highest BCUT2D eigenvalue weighted by Gasteiger charge is 2.26. The summed E-state index contributed by atoms with van der Waals surface area (Å²) in [4.78, 5) is 15.2. The summed E-state index contributed by atoms with van der Waals surface area (Å²) in [6.07, 6.45) is 11.1. The monoisotopic (exact) mass is 339 g/mol. The average Bonchev–Trinajstić information content (AvgIpc) is 2.36. The van der Waals surface area contributed by atoms with Crippen molar-refractivity contribution in [2.45, 2.75) is 18.9 Å². The van der Waals surface area contributed by atoms with Gasteiger partial charge in [-0.3, -0.25) is 4.79 Å². The lowest BCUT2D eigenvalue weighted by atomic mass is 9.80. The Bertz CT molecular complexity index is 543. The first-order valence-corrected chi connectivity index (χ1v) is 7.06. The highest BCUT2D eigenvalue weighted by molar-refractivity contribution is 9.11. The van der Waals surface area contributed by atoms with Gasteiger partial charge in [-0.15, -0.1) is 0 Å². The van der Waals surface area contributed by atoms with Crippen molar-refractivity contribution >= 4 is 28.1 Å². The van der Waals surface area contributed by atoms with Crippen LogP contribution in [0.2, 0.25) is 0 Å². The fourth-order valence-electron chi connectivity index (χ4n) is 1.95. The van der Waals surface area contributed by atoms with Crippen LogP contribution in [0.25, 0.3) is 0 Å². The second-order valence-corrected chi connectivity index (χ2v) is 5.54. The van der Waals surface area contributed by atoms with Crippen LogP contribution >= 0.6 is 15.9 Å². The number of nitrogens with one attached hydrogen (secondary N) is 1. The standard InChI is InChI=1S/C14H15BrFN3O/c15-11-2-1-5-18-13(14(17)20)8-19-10-6-9(7-10)3-4-12(11)16/h1-5,8-10,19H,6-7H2,(H2,17,20). The number of hydrogen-bond donors (Lipinski definition) is 2. The quantitative estimate of drug-likeness (QED) is 0.770. The van der Waals surface area contributed by atoms with Gasteiger partial charge in [-0.1, -0.05) is 6.08 Å². The predicted molar refractivity (Wildman–Crippen MR) is 80.8 cm³/mol. The molecule has 1 aliphatic carbocycles. The van der Waals surface area contributed by atoms with Crippen LogP contribution in [0.3, 0.4) is 0 Å². The van der Waals surface area contributed by atoms with E-state index in [1.54, 1.807) is 0 Å². The Hall–Kier alpha value is -1.69. The van der Waals surface area contributed by atoms with Crippen LogP contribution in [-0.4, -0.2) is 18.2 Å². The maximum absolute atomic E-state index is 13.7. The molecule has 1 fully saturated rings. The minimum Gasteiger partial charge on any atom is -0.386 e.